The number of phenolic OH excluding ortho intramolecular Hbond substituents is 1. The third-order valence-corrected chi connectivity index (χ3v) is 10.6. The number of rotatable bonds is 4. The molecular weight excluding hydrogens is 680 g/mol. The Labute approximate surface area is 271 Å². The molecule has 3 fully saturated rings. The van der Waals surface area contributed by atoms with Crippen molar-refractivity contribution >= 4 is 64.6 Å². The number of hydrogen-bond acceptors (Lipinski definition) is 7. The molecule has 17 heteroatoms. The van der Waals surface area contributed by atoms with Gasteiger partial charge in [0.1, 0.15) is 5.69 Å². The number of imide groups is 4. The molecule has 1 saturated carbocycles. The van der Waals surface area contributed by atoms with E-state index >= 15 is 8.78 Å². The van der Waals surface area contributed by atoms with E-state index in [4.69, 9.17) is 33.7 Å². The van der Waals surface area contributed by atoms with Gasteiger partial charge in [0.25, 0.3) is 11.8 Å². The minimum atomic E-state index is -2.71. The molecule has 2 aromatic rings. The summed E-state index contributed by atoms with van der Waals surface area (Å²) >= 11 is 13.9. The lowest BCUT2D eigenvalue weighted by atomic mass is 9.57. The van der Waals surface area contributed by atoms with Crippen molar-refractivity contribution in [1.29, 1.82) is 0 Å². The number of ether oxygens (including phenoxy) is 1. The van der Waals surface area contributed by atoms with E-state index in [0.717, 1.165) is 0 Å². The third-order valence-electron chi connectivity index (χ3n) is 9.18. The normalized spacial score (nSPS) is 30.1. The molecule has 6 unspecified atom stereocenters. The molecule has 246 valence electrons. The number of nitrogens with two attached hydrogens (primary N) is 1. The predicted molar refractivity (Wildman–Crippen MR) is 152 cm³/mol. The van der Waals surface area contributed by atoms with Crippen LogP contribution in [0, 0.1) is 52.8 Å². The second-order valence-corrected chi connectivity index (χ2v) is 12.6. The van der Waals surface area contributed by atoms with E-state index < -0.39 is 104 Å². The molecule has 2 saturated heterocycles. The number of methoxy groups -OCH3 is 1. The average Bonchev–Trinajstić information content (AvgIpc) is 3.37. The maximum Gasteiger partial charge on any atom is 0.328 e. The molecule has 2 aliphatic heterocycles. The largest absolute Gasteiger partial charge is 0.504 e. The highest BCUT2D eigenvalue weighted by atomic mass is 35.5. The smallest absolute Gasteiger partial charge is 0.328 e. The van der Waals surface area contributed by atoms with Crippen molar-refractivity contribution in [2.75, 3.05) is 12.0 Å². The number of benzene rings is 2. The zero-order valence-corrected chi connectivity index (χ0v) is 25.2. The van der Waals surface area contributed by atoms with Crippen molar-refractivity contribution < 1.29 is 55.8 Å². The molecule has 4 aliphatic rings. The van der Waals surface area contributed by atoms with Gasteiger partial charge >= 0.3 is 6.03 Å². The van der Waals surface area contributed by atoms with Gasteiger partial charge < -0.3 is 15.6 Å². The topological polar surface area (TPSA) is 147 Å². The lowest BCUT2D eigenvalue weighted by Crippen LogP contribution is -2.60. The molecule has 0 aromatic heterocycles. The second-order valence-electron chi connectivity index (χ2n) is 11.4. The van der Waals surface area contributed by atoms with Crippen LogP contribution in [0.2, 0.25) is 0 Å². The zero-order chi connectivity index (χ0) is 34.5. The molecular formula is C30H20Cl2F5N3O7. The van der Waals surface area contributed by atoms with Crippen LogP contribution in [0.1, 0.15) is 18.4 Å². The van der Waals surface area contributed by atoms with Gasteiger partial charge in [0.15, 0.2) is 44.5 Å². The van der Waals surface area contributed by atoms with Crippen LogP contribution in [-0.2, 0) is 19.2 Å². The van der Waals surface area contributed by atoms with Crippen molar-refractivity contribution in [3.05, 3.63) is 70.6 Å². The number of halogens is 7. The quantitative estimate of drug-likeness (QED) is 0.121. The summed E-state index contributed by atoms with van der Waals surface area (Å²) in [7, 11) is 1.28. The lowest BCUT2D eigenvalue weighted by Gasteiger charge is -2.49. The Kier molecular flexibility index (Phi) is 7.43. The summed E-state index contributed by atoms with van der Waals surface area (Å²) in [5, 5.41) is 9.98. The zero-order valence-electron chi connectivity index (χ0n) is 23.7. The third kappa shape index (κ3) is 4.18. The predicted octanol–water partition coefficient (Wildman–Crippen LogP) is 4.28. The van der Waals surface area contributed by atoms with Crippen molar-refractivity contribution in [1.82, 2.24) is 4.90 Å². The molecule has 0 spiro atoms. The lowest BCUT2D eigenvalue weighted by molar-refractivity contribution is -0.136. The Balaban J connectivity index is 1.56. The molecule has 3 N–H and O–H groups in total. The highest BCUT2D eigenvalue weighted by Crippen LogP contribution is 2.63. The van der Waals surface area contributed by atoms with Gasteiger partial charge in [-0.05, 0) is 36.5 Å². The number of carbonyl (C=O) groups is 5. The van der Waals surface area contributed by atoms with Crippen LogP contribution >= 0.6 is 23.2 Å². The van der Waals surface area contributed by atoms with E-state index in [2.05, 4.69) is 0 Å². The summed E-state index contributed by atoms with van der Waals surface area (Å²) in [6.07, 6.45) is 3.19. The van der Waals surface area contributed by atoms with Gasteiger partial charge in [-0.2, -0.15) is 4.90 Å². The number of fused-ring (bicyclic) bond motifs is 4. The molecule has 0 bridgehead atoms. The summed E-state index contributed by atoms with van der Waals surface area (Å²) in [6, 6.07) is 2.70. The number of alkyl halides is 2. The summed E-state index contributed by atoms with van der Waals surface area (Å²) in [6.45, 7) is 0. The number of likely N-dealkylation sites (tertiary alicyclic amines) is 1. The van der Waals surface area contributed by atoms with E-state index in [1.54, 1.807) is 0 Å². The monoisotopic (exact) mass is 699 g/mol. The fourth-order valence-corrected chi connectivity index (χ4v) is 7.93. The first-order valence-corrected chi connectivity index (χ1v) is 14.5. The van der Waals surface area contributed by atoms with E-state index in [0.29, 0.717) is 5.56 Å². The Bertz CT molecular complexity index is 1880. The summed E-state index contributed by atoms with van der Waals surface area (Å²) in [4.78, 5) is 61.1. The Morgan fingerprint density at radius 1 is 0.979 bits per heavy atom. The van der Waals surface area contributed by atoms with Crippen molar-refractivity contribution in [3.63, 3.8) is 0 Å². The van der Waals surface area contributed by atoms with Gasteiger partial charge in [0.05, 0.1) is 18.9 Å². The number of nitrogens with zero attached hydrogens (tertiary/aromatic N) is 2. The number of amides is 6. The first-order valence-electron chi connectivity index (χ1n) is 13.7. The van der Waals surface area contributed by atoms with Gasteiger partial charge in [-0.15, -0.1) is 23.2 Å². The maximum atomic E-state index is 15.0. The Morgan fingerprint density at radius 2 is 1.60 bits per heavy atom. The van der Waals surface area contributed by atoms with Crippen molar-refractivity contribution in [2.45, 2.75) is 22.6 Å². The molecule has 2 aromatic carbocycles. The van der Waals surface area contributed by atoms with E-state index in [1.165, 1.54) is 43.5 Å². The second kappa shape index (κ2) is 10.8. The summed E-state index contributed by atoms with van der Waals surface area (Å²) in [5.74, 6) is -23.1. The minimum absolute atomic E-state index is 0.0342. The van der Waals surface area contributed by atoms with Crippen LogP contribution in [-0.4, -0.2) is 56.5 Å². The van der Waals surface area contributed by atoms with Gasteiger partial charge in [-0.25, -0.2) is 31.6 Å². The highest BCUT2D eigenvalue weighted by molar-refractivity contribution is 6.58. The molecule has 2 heterocycles. The molecule has 6 amide bonds. The molecule has 47 heavy (non-hydrogen) atoms. The first kappa shape index (κ1) is 32.4. The number of carbonyl (C=O) groups excluding carboxylic acids is 5. The van der Waals surface area contributed by atoms with E-state index in [9.17, 15) is 42.3 Å². The molecule has 0 radical (unpaired) electrons. The SMILES string of the molecule is COc1cc(C=CC2C3=CCC4C(=O)N(C(N)=O)C(=O)C4C3CC3(Cl)C(=O)N(c4c(F)c(F)c(F)c(F)c4F)C(=O)C23Cl)ccc1O. The molecule has 2 aliphatic carbocycles. The van der Waals surface area contributed by atoms with Crippen LogP contribution in [0.25, 0.3) is 6.08 Å². The van der Waals surface area contributed by atoms with E-state index in [-0.39, 0.29) is 33.3 Å². The number of hydrogen-bond donors (Lipinski definition) is 2. The molecule has 6 rings (SSSR count). The van der Waals surface area contributed by atoms with Gasteiger partial charge in [-0.1, -0.05) is 29.9 Å². The molecule has 10 nitrogen and oxygen atoms in total. The number of urea groups is 1. The first-order chi connectivity index (χ1) is 22.0. The fourth-order valence-electron chi connectivity index (χ4n) is 7.04. The fraction of sp³-hybridized carbons (Fsp3) is 0.300. The number of primary amides is 1. The van der Waals surface area contributed by atoms with Gasteiger partial charge in [-0.3, -0.25) is 19.2 Å². The van der Waals surface area contributed by atoms with Gasteiger partial charge in [0, 0.05) is 5.92 Å². The van der Waals surface area contributed by atoms with Crippen LogP contribution in [0.5, 0.6) is 11.5 Å². The number of phenols is 1. The van der Waals surface area contributed by atoms with Crippen molar-refractivity contribution in [3.8, 4) is 11.5 Å². The minimum Gasteiger partial charge on any atom is -0.504 e. The Morgan fingerprint density at radius 3 is 2.19 bits per heavy atom. The van der Waals surface area contributed by atoms with E-state index in [1.807, 2.05) is 0 Å². The standard InChI is InChI=1S/C30H20Cl2F5N3O7/c1-47-16-8-10(3-7-15(16)41)2-6-14-11-4-5-12-17(25(43)40(24(12)42)28(38)46)13(11)9-29(31)26(44)39(27(45)30(14,29)32)23-21(36)19(34)18(33)20(35)22(23)37/h2-4,6-8,12-14,17,41H,5,9H2,1H3,(H2,38,46). The maximum absolute atomic E-state index is 15.0. The number of anilines is 1. The van der Waals surface area contributed by atoms with Crippen LogP contribution < -0.4 is 15.4 Å². The average molecular weight is 700 g/mol. The van der Waals surface area contributed by atoms with Crippen LogP contribution in [0.4, 0.5) is 32.4 Å². The van der Waals surface area contributed by atoms with Crippen LogP contribution in [0.15, 0.2) is 35.9 Å². The Hall–Kier alpha value is -4.50. The highest BCUT2D eigenvalue weighted by Gasteiger charge is 2.76. The van der Waals surface area contributed by atoms with Crippen LogP contribution in [0.3, 0.4) is 0 Å². The summed E-state index contributed by atoms with van der Waals surface area (Å²) in [5.41, 5.74) is 3.87. The van der Waals surface area contributed by atoms with Gasteiger partial charge in [0.2, 0.25) is 17.6 Å². The van der Waals surface area contributed by atoms with Crippen molar-refractivity contribution in [2.24, 2.45) is 29.4 Å². The number of aromatic hydroxyl groups is 1. The molecule has 6 atom stereocenters. The summed E-state index contributed by atoms with van der Waals surface area (Å²) < 4.78 is 77.6. The number of allylic oxidation sites excluding steroid dienone is 3.